The van der Waals surface area contributed by atoms with Crippen molar-refractivity contribution in [1.29, 1.82) is 0 Å². The maximum absolute atomic E-state index is 13.4. The molecule has 4 rings (SSSR count). The smallest absolute Gasteiger partial charge is 0.328 e. The van der Waals surface area contributed by atoms with Crippen molar-refractivity contribution in [3.63, 3.8) is 0 Å². The maximum Gasteiger partial charge on any atom is 0.328 e. The summed E-state index contributed by atoms with van der Waals surface area (Å²) in [7, 11) is -3.99. The molecule has 9 heteroatoms. The first-order valence-electron chi connectivity index (χ1n) is 12.3. The summed E-state index contributed by atoms with van der Waals surface area (Å²) in [6.45, 7) is 6.15. The fourth-order valence-electron chi connectivity index (χ4n) is 4.03. The number of sulfonamides is 1. The number of carbonyl (C=O) groups excluding carboxylic acids is 1. The normalized spacial score (nSPS) is 13.0. The Morgan fingerprint density at radius 2 is 1.67 bits per heavy atom. The summed E-state index contributed by atoms with van der Waals surface area (Å²) in [5, 5.41) is 12.5. The van der Waals surface area contributed by atoms with Gasteiger partial charge in [-0.25, -0.2) is 13.2 Å². The molecule has 0 radical (unpaired) electrons. The molecule has 3 N–H and O–H groups in total. The number of anilines is 1. The highest BCUT2D eigenvalue weighted by Crippen LogP contribution is 2.29. The predicted molar refractivity (Wildman–Crippen MR) is 157 cm³/mol. The number of thiophene rings is 1. The van der Waals surface area contributed by atoms with E-state index < -0.39 is 27.9 Å². The van der Waals surface area contributed by atoms with E-state index in [4.69, 9.17) is 5.11 Å². The molecule has 0 saturated heterocycles. The van der Waals surface area contributed by atoms with Crippen LogP contribution >= 0.6 is 11.3 Å². The molecule has 0 bridgehead atoms. The number of hydrogen-bond acceptors (Lipinski definition) is 5. The van der Waals surface area contributed by atoms with E-state index in [2.05, 4.69) is 30.8 Å². The Morgan fingerprint density at radius 1 is 0.974 bits per heavy atom. The Hall–Kier alpha value is -3.79. The lowest BCUT2D eigenvalue weighted by molar-refractivity contribution is -0.131. The van der Waals surface area contributed by atoms with Gasteiger partial charge in [0.15, 0.2) is 0 Å². The average molecular weight is 563 g/mol. The Labute approximate surface area is 232 Å². The first-order valence-corrected chi connectivity index (χ1v) is 14.6. The van der Waals surface area contributed by atoms with Crippen LogP contribution in [0.3, 0.4) is 0 Å². The number of carboxylic acids is 1. The van der Waals surface area contributed by atoms with E-state index in [-0.39, 0.29) is 16.7 Å². The topological polar surface area (TPSA) is 113 Å². The van der Waals surface area contributed by atoms with Gasteiger partial charge in [-0.1, -0.05) is 63.2 Å². The Kier molecular flexibility index (Phi) is 8.34. The van der Waals surface area contributed by atoms with Crippen LogP contribution in [0.1, 0.15) is 36.8 Å². The molecule has 1 unspecified atom stereocenters. The van der Waals surface area contributed by atoms with Crippen molar-refractivity contribution in [3.05, 3.63) is 101 Å². The van der Waals surface area contributed by atoms with Crippen LogP contribution < -0.4 is 10.0 Å². The molecular weight excluding hydrogens is 532 g/mol. The van der Waals surface area contributed by atoms with Crippen LogP contribution in [0.2, 0.25) is 0 Å². The number of amides is 1. The molecule has 3 aromatic carbocycles. The van der Waals surface area contributed by atoms with E-state index in [1.165, 1.54) is 17.4 Å². The molecule has 0 aliphatic rings. The molecule has 7 nitrogen and oxygen atoms in total. The third-order valence-electron chi connectivity index (χ3n) is 6.12. The summed E-state index contributed by atoms with van der Waals surface area (Å²) in [4.78, 5) is 25.1. The Balaban J connectivity index is 1.58. The highest BCUT2D eigenvalue weighted by molar-refractivity contribution is 7.89. The zero-order chi connectivity index (χ0) is 28.2. The van der Waals surface area contributed by atoms with Gasteiger partial charge in [0.25, 0.3) is 0 Å². The lowest BCUT2D eigenvalue weighted by Crippen LogP contribution is -2.45. The highest BCUT2D eigenvalue weighted by Gasteiger charge is 2.27. The van der Waals surface area contributed by atoms with Gasteiger partial charge in [0.05, 0.1) is 4.90 Å². The predicted octanol–water partition coefficient (Wildman–Crippen LogP) is 5.82. The molecule has 1 atom stereocenters. The average Bonchev–Trinajstić information content (AvgIpc) is 3.29. The summed E-state index contributed by atoms with van der Waals surface area (Å²) >= 11 is 1.43. The number of benzene rings is 3. The number of fused-ring (bicyclic) bond motifs is 1. The highest BCUT2D eigenvalue weighted by atomic mass is 32.2. The summed E-state index contributed by atoms with van der Waals surface area (Å²) in [6.07, 6.45) is 2.76. The molecule has 0 aliphatic heterocycles. The number of nitrogens with one attached hydrogen (secondary N) is 2. The monoisotopic (exact) mass is 562 g/mol. The molecule has 0 saturated carbocycles. The molecule has 1 aromatic heterocycles. The fourth-order valence-corrected chi connectivity index (χ4v) is 6.18. The van der Waals surface area contributed by atoms with E-state index in [0.29, 0.717) is 5.69 Å². The number of hydrogen-bond donors (Lipinski definition) is 3. The molecule has 39 heavy (non-hydrogen) atoms. The number of carboxylic acid groups (broad SMARTS) is 1. The van der Waals surface area contributed by atoms with Crippen LogP contribution in [0.5, 0.6) is 0 Å². The van der Waals surface area contributed by atoms with E-state index in [0.717, 1.165) is 32.2 Å². The van der Waals surface area contributed by atoms with E-state index in [1.807, 2.05) is 42.5 Å². The van der Waals surface area contributed by atoms with Crippen LogP contribution in [0.25, 0.3) is 16.2 Å². The molecule has 4 aromatic rings. The standard InChI is InChI=1S/C30H30N2O5S2/c1-30(2,3)22-9-13-25(14-10-22)39(36,37)32-26(17-20-7-5-4-6-8-20)29(35)31-23-11-15-27-21(18-23)19-24(38-27)12-16-28(33)34/h4-16,18-19,26,32H,17H2,1-3H3,(H,31,35)(H,33,34)/b16-12+. The van der Waals surface area contributed by atoms with Crippen LogP contribution in [-0.2, 0) is 31.4 Å². The second kappa shape index (κ2) is 11.5. The summed E-state index contributed by atoms with van der Waals surface area (Å²) in [5.74, 6) is -1.52. The zero-order valence-electron chi connectivity index (χ0n) is 21.8. The van der Waals surface area contributed by atoms with Crippen molar-refractivity contribution in [3.8, 4) is 0 Å². The van der Waals surface area contributed by atoms with Crippen molar-refractivity contribution < 1.29 is 23.1 Å². The van der Waals surface area contributed by atoms with Gasteiger partial charge in [0, 0.05) is 21.3 Å². The van der Waals surface area contributed by atoms with Gasteiger partial charge in [0.2, 0.25) is 15.9 Å². The quantitative estimate of drug-likeness (QED) is 0.222. The molecule has 1 amide bonds. The first kappa shape index (κ1) is 28.2. The third kappa shape index (κ3) is 7.41. The van der Waals surface area contributed by atoms with Gasteiger partial charge in [0.1, 0.15) is 6.04 Å². The molecule has 0 spiro atoms. The minimum absolute atomic E-state index is 0.0861. The van der Waals surface area contributed by atoms with Gasteiger partial charge >= 0.3 is 5.97 Å². The van der Waals surface area contributed by atoms with Crippen LogP contribution in [0.15, 0.2) is 89.8 Å². The number of rotatable bonds is 9. The second-order valence-electron chi connectivity index (χ2n) is 10.2. The SMILES string of the molecule is CC(C)(C)c1ccc(S(=O)(=O)NC(Cc2ccccc2)C(=O)Nc2ccc3sc(/C=C/C(=O)O)cc3c2)cc1. The lowest BCUT2D eigenvalue weighted by Gasteiger charge is -2.21. The second-order valence-corrected chi connectivity index (χ2v) is 13.0. The molecule has 0 fully saturated rings. The fraction of sp³-hybridized carbons (Fsp3) is 0.200. The molecule has 0 aliphatic carbocycles. The summed E-state index contributed by atoms with van der Waals surface area (Å²) in [6, 6.07) is 22.0. The lowest BCUT2D eigenvalue weighted by atomic mass is 9.87. The molecule has 1 heterocycles. The minimum Gasteiger partial charge on any atom is -0.478 e. The largest absolute Gasteiger partial charge is 0.478 e. The van der Waals surface area contributed by atoms with Crippen LogP contribution in [0.4, 0.5) is 5.69 Å². The van der Waals surface area contributed by atoms with Crippen molar-refractivity contribution in [1.82, 2.24) is 4.72 Å². The minimum atomic E-state index is -3.99. The van der Waals surface area contributed by atoms with E-state index >= 15 is 0 Å². The zero-order valence-corrected chi connectivity index (χ0v) is 23.5. The first-order chi connectivity index (χ1) is 18.4. The van der Waals surface area contributed by atoms with Crippen LogP contribution in [-0.4, -0.2) is 31.4 Å². The van der Waals surface area contributed by atoms with Crippen molar-refractivity contribution in [2.24, 2.45) is 0 Å². The maximum atomic E-state index is 13.4. The van der Waals surface area contributed by atoms with Gasteiger partial charge < -0.3 is 10.4 Å². The van der Waals surface area contributed by atoms with Crippen molar-refractivity contribution in [2.45, 2.75) is 43.5 Å². The molecule has 202 valence electrons. The van der Waals surface area contributed by atoms with Crippen molar-refractivity contribution >= 4 is 55.1 Å². The molecular formula is C30H30N2O5S2. The summed E-state index contributed by atoms with van der Waals surface area (Å²) < 4.78 is 30.1. The van der Waals surface area contributed by atoms with Crippen LogP contribution in [0, 0.1) is 0 Å². The Bertz CT molecular complexity index is 1620. The van der Waals surface area contributed by atoms with E-state index in [9.17, 15) is 18.0 Å². The van der Waals surface area contributed by atoms with Gasteiger partial charge in [-0.3, -0.25) is 4.79 Å². The number of aliphatic carboxylic acids is 1. The van der Waals surface area contributed by atoms with Gasteiger partial charge in [-0.15, -0.1) is 11.3 Å². The van der Waals surface area contributed by atoms with E-state index in [1.54, 1.807) is 36.4 Å². The van der Waals surface area contributed by atoms with Crippen molar-refractivity contribution in [2.75, 3.05) is 5.32 Å². The van der Waals surface area contributed by atoms with Gasteiger partial charge in [-0.05, 0) is 70.8 Å². The van der Waals surface area contributed by atoms with Gasteiger partial charge in [-0.2, -0.15) is 4.72 Å². The summed E-state index contributed by atoms with van der Waals surface area (Å²) in [5.41, 5.74) is 2.20. The third-order valence-corrected chi connectivity index (χ3v) is 8.69. The number of carbonyl (C=O) groups is 2. The Morgan fingerprint density at radius 3 is 2.31 bits per heavy atom.